The molecule has 8 heteroatoms. The number of hydrogen-bond acceptors (Lipinski definition) is 6. The van der Waals surface area contributed by atoms with Gasteiger partial charge in [-0.2, -0.15) is 0 Å². The van der Waals surface area contributed by atoms with E-state index in [4.69, 9.17) is 14.5 Å². The quantitative estimate of drug-likeness (QED) is 0.172. The third kappa shape index (κ3) is 7.00. The summed E-state index contributed by atoms with van der Waals surface area (Å²) in [5.41, 5.74) is 6.57. The van der Waals surface area contributed by atoms with Gasteiger partial charge in [0.1, 0.15) is 9.84 Å². The van der Waals surface area contributed by atoms with Crippen LogP contribution in [0.2, 0.25) is 0 Å². The van der Waals surface area contributed by atoms with Crippen LogP contribution in [0.25, 0.3) is 33.3 Å². The first-order valence-electron chi connectivity index (χ1n) is 12.7. The van der Waals surface area contributed by atoms with Gasteiger partial charge in [0.15, 0.2) is 11.6 Å². The molecule has 0 aliphatic heterocycles. The first-order chi connectivity index (χ1) is 18.6. The van der Waals surface area contributed by atoms with Crippen molar-refractivity contribution < 1.29 is 27.1 Å². The van der Waals surface area contributed by atoms with Crippen LogP contribution in [0.5, 0.6) is 5.75 Å². The van der Waals surface area contributed by atoms with E-state index < -0.39 is 15.7 Å². The molecule has 4 aromatic rings. The summed E-state index contributed by atoms with van der Waals surface area (Å²) in [5.74, 6) is -0.565. The Balaban J connectivity index is 1.58. The number of rotatable bonds is 10. The van der Waals surface area contributed by atoms with Gasteiger partial charge in [0.2, 0.25) is 0 Å². The van der Waals surface area contributed by atoms with Gasteiger partial charge >= 0.3 is 5.97 Å². The molecule has 0 fully saturated rings. The molecule has 0 saturated carbocycles. The van der Waals surface area contributed by atoms with Gasteiger partial charge in [-0.1, -0.05) is 30.3 Å². The van der Waals surface area contributed by atoms with E-state index in [9.17, 15) is 13.2 Å². The summed E-state index contributed by atoms with van der Waals surface area (Å²) in [6, 6.07) is 19.4. The van der Waals surface area contributed by atoms with Crippen molar-refractivity contribution in [3.05, 3.63) is 83.2 Å². The van der Waals surface area contributed by atoms with Crippen molar-refractivity contribution in [3.8, 4) is 28.1 Å². The highest BCUT2D eigenvalue weighted by molar-refractivity contribution is 7.90. The van der Waals surface area contributed by atoms with Gasteiger partial charge in [-0.3, -0.25) is 4.79 Å². The predicted molar refractivity (Wildman–Crippen MR) is 152 cm³/mol. The van der Waals surface area contributed by atoms with E-state index in [2.05, 4.69) is 0 Å². The van der Waals surface area contributed by atoms with Crippen LogP contribution in [-0.4, -0.2) is 45.1 Å². The van der Waals surface area contributed by atoms with Crippen LogP contribution < -0.4 is 4.74 Å². The van der Waals surface area contributed by atoms with E-state index in [1.54, 1.807) is 13.0 Å². The Bertz CT molecular complexity index is 1630. The number of sulfone groups is 1. The standard InChI is InChI=1S/C31H32FNO5S/c1-20-17-28(38-15-6-16-39(4,35)36)31(32)21(2)30(20)25-8-5-7-23(19-25)27-13-11-24-18-22(9-12-26(24)33-27)10-14-29(34)37-3/h5,7-9,11-13,17-19H,6,10,14-16H2,1-4H3. The highest BCUT2D eigenvalue weighted by Crippen LogP contribution is 2.36. The first-order valence-corrected chi connectivity index (χ1v) is 14.8. The van der Waals surface area contributed by atoms with Crippen LogP contribution in [0.15, 0.2) is 60.7 Å². The summed E-state index contributed by atoms with van der Waals surface area (Å²) < 4.78 is 48.2. The van der Waals surface area contributed by atoms with Gasteiger partial charge < -0.3 is 9.47 Å². The Morgan fingerprint density at radius 1 is 1.00 bits per heavy atom. The molecule has 204 valence electrons. The topological polar surface area (TPSA) is 82.6 Å². The molecular formula is C31H32FNO5S. The third-order valence-electron chi connectivity index (χ3n) is 6.63. The number of fused-ring (bicyclic) bond motifs is 1. The number of pyridine rings is 1. The predicted octanol–water partition coefficient (Wildman–Crippen LogP) is 6.24. The molecule has 0 atom stereocenters. The van der Waals surface area contributed by atoms with Gasteiger partial charge in [0.25, 0.3) is 0 Å². The summed E-state index contributed by atoms with van der Waals surface area (Å²) in [6.45, 7) is 3.75. The molecule has 1 heterocycles. The third-order valence-corrected chi connectivity index (χ3v) is 7.66. The van der Waals surface area contributed by atoms with Crippen molar-refractivity contribution >= 4 is 26.7 Å². The van der Waals surface area contributed by atoms with E-state index in [1.165, 1.54) is 13.4 Å². The van der Waals surface area contributed by atoms with E-state index in [0.29, 0.717) is 24.8 Å². The molecule has 0 radical (unpaired) electrons. The van der Waals surface area contributed by atoms with E-state index in [0.717, 1.165) is 44.4 Å². The van der Waals surface area contributed by atoms with E-state index in [-0.39, 0.29) is 24.1 Å². The minimum absolute atomic E-state index is 0.00315. The summed E-state index contributed by atoms with van der Waals surface area (Å²) in [5, 5.41) is 0.984. The SMILES string of the molecule is COC(=O)CCc1ccc2nc(-c3cccc(-c4c(C)cc(OCCCS(C)(=O)=O)c(F)c4C)c3)ccc2c1. The van der Waals surface area contributed by atoms with E-state index in [1.807, 2.05) is 61.5 Å². The molecule has 0 bridgehead atoms. The molecular weight excluding hydrogens is 517 g/mol. The van der Waals surface area contributed by atoms with Crippen molar-refractivity contribution in [1.29, 1.82) is 0 Å². The largest absolute Gasteiger partial charge is 0.490 e. The molecule has 0 spiro atoms. The summed E-state index contributed by atoms with van der Waals surface area (Å²) in [4.78, 5) is 16.3. The van der Waals surface area contributed by atoms with Crippen LogP contribution in [-0.2, 0) is 25.8 Å². The number of methoxy groups -OCH3 is 1. The average molecular weight is 550 g/mol. The lowest BCUT2D eigenvalue weighted by atomic mass is 9.93. The molecule has 3 aromatic carbocycles. The molecule has 4 rings (SSSR count). The fourth-order valence-corrected chi connectivity index (χ4v) is 5.29. The van der Waals surface area contributed by atoms with Crippen molar-refractivity contribution in [2.24, 2.45) is 0 Å². The number of nitrogens with zero attached hydrogens (tertiary/aromatic N) is 1. The van der Waals surface area contributed by atoms with Crippen LogP contribution >= 0.6 is 0 Å². The second-order valence-electron chi connectivity index (χ2n) is 9.72. The van der Waals surface area contributed by atoms with Gasteiger partial charge in [-0.25, -0.2) is 17.8 Å². The van der Waals surface area contributed by atoms with Gasteiger partial charge in [-0.05, 0) is 84.8 Å². The molecule has 0 amide bonds. The number of esters is 1. The van der Waals surface area contributed by atoms with Gasteiger partial charge in [0.05, 0.1) is 30.7 Å². The van der Waals surface area contributed by atoms with Gasteiger partial charge in [0, 0.05) is 23.6 Å². The number of ether oxygens (including phenoxy) is 2. The highest BCUT2D eigenvalue weighted by atomic mass is 32.2. The Morgan fingerprint density at radius 2 is 1.77 bits per heavy atom. The number of carbonyl (C=O) groups excluding carboxylic acids is 1. The number of halogens is 1. The number of aromatic nitrogens is 1. The zero-order valence-electron chi connectivity index (χ0n) is 22.6. The second-order valence-corrected chi connectivity index (χ2v) is 12.0. The van der Waals surface area contributed by atoms with Crippen molar-refractivity contribution in [3.63, 3.8) is 0 Å². The number of carbonyl (C=O) groups is 1. The molecule has 0 N–H and O–H groups in total. The highest BCUT2D eigenvalue weighted by Gasteiger charge is 2.17. The van der Waals surface area contributed by atoms with E-state index >= 15 is 4.39 Å². The Labute approximate surface area is 228 Å². The number of benzene rings is 3. The van der Waals surface area contributed by atoms with Crippen molar-refractivity contribution in [1.82, 2.24) is 4.98 Å². The molecule has 6 nitrogen and oxygen atoms in total. The Kier molecular flexibility index (Phi) is 8.65. The molecule has 0 saturated heterocycles. The maximum Gasteiger partial charge on any atom is 0.305 e. The normalized spacial score (nSPS) is 11.5. The molecule has 0 unspecified atom stereocenters. The zero-order valence-corrected chi connectivity index (χ0v) is 23.4. The molecule has 39 heavy (non-hydrogen) atoms. The molecule has 1 aromatic heterocycles. The number of aryl methyl sites for hydroxylation is 2. The lowest BCUT2D eigenvalue weighted by Gasteiger charge is -2.16. The monoisotopic (exact) mass is 549 g/mol. The lowest BCUT2D eigenvalue weighted by Crippen LogP contribution is -2.09. The lowest BCUT2D eigenvalue weighted by molar-refractivity contribution is -0.140. The molecule has 0 aliphatic carbocycles. The Hall–Kier alpha value is -3.78. The van der Waals surface area contributed by atoms with Crippen LogP contribution in [0.4, 0.5) is 4.39 Å². The smallest absolute Gasteiger partial charge is 0.305 e. The van der Waals surface area contributed by atoms with Crippen molar-refractivity contribution in [2.45, 2.75) is 33.1 Å². The van der Waals surface area contributed by atoms with Crippen LogP contribution in [0.3, 0.4) is 0 Å². The minimum atomic E-state index is -3.09. The van der Waals surface area contributed by atoms with Crippen LogP contribution in [0.1, 0.15) is 29.5 Å². The zero-order chi connectivity index (χ0) is 28.2. The Morgan fingerprint density at radius 3 is 2.51 bits per heavy atom. The van der Waals surface area contributed by atoms with Crippen molar-refractivity contribution in [2.75, 3.05) is 25.7 Å². The van der Waals surface area contributed by atoms with Crippen LogP contribution in [0, 0.1) is 19.7 Å². The summed E-state index contributed by atoms with van der Waals surface area (Å²) in [6.07, 6.45) is 2.40. The maximum atomic E-state index is 15.3. The maximum absolute atomic E-state index is 15.3. The fourth-order valence-electron chi connectivity index (χ4n) is 4.65. The fraction of sp³-hybridized carbons (Fsp3) is 0.290. The molecule has 0 aliphatic rings. The average Bonchev–Trinajstić information content (AvgIpc) is 2.91. The second kappa shape index (κ2) is 11.9. The number of hydrogen-bond donors (Lipinski definition) is 0. The van der Waals surface area contributed by atoms with Gasteiger partial charge in [-0.15, -0.1) is 0 Å². The first kappa shape index (κ1) is 28.2. The summed E-state index contributed by atoms with van der Waals surface area (Å²) >= 11 is 0. The minimum Gasteiger partial charge on any atom is -0.490 e. The summed E-state index contributed by atoms with van der Waals surface area (Å²) in [7, 11) is -1.70.